The summed E-state index contributed by atoms with van der Waals surface area (Å²) in [5.41, 5.74) is 0. The SMILES string of the molecule is CCO.N.[Ti]. The van der Waals surface area contributed by atoms with Gasteiger partial charge in [-0.15, -0.1) is 0 Å². The third-order valence-electron chi connectivity index (χ3n) is 0. The van der Waals surface area contributed by atoms with Crippen LogP contribution in [0.2, 0.25) is 0 Å². The number of rotatable bonds is 0. The molecule has 0 atom stereocenters. The minimum Gasteiger partial charge on any atom is -0.397 e. The van der Waals surface area contributed by atoms with Crippen LogP contribution in [-0.2, 0) is 21.7 Å². The summed E-state index contributed by atoms with van der Waals surface area (Å²) in [6.07, 6.45) is 0. The number of aliphatic hydroxyl groups excluding tert-OH is 1. The first-order chi connectivity index (χ1) is 1.41. The van der Waals surface area contributed by atoms with Crippen LogP contribution < -0.4 is 6.15 Å². The molecule has 0 aromatic heterocycles. The van der Waals surface area contributed by atoms with Crippen LogP contribution >= 0.6 is 0 Å². The van der Waals surface area contributed by atoms with Gasteiger partial charge in [-0.05, 0) is 6.92 Å². The quantitative estimate of drug-likeness (QED) is 0.437. The maximum absolute atomic E-state index is 7.57. The Hall–Kier alpha value is 0.634. The second kappa shape index (κ2) is 22.9. The summed E-state index contributed by atoms with van der Waals surface area (Å²) in [6, 6.07) is 0. The number of hydrogen-bond donors (Lipinski definition) is 2. The van der Waals surface area contributed by atoms with Crippen molar-refractivity contribution in [2.75, 3.05) is 6.61 Å². The molecule has 0 aromatic rings. The van der Waals surface area contributed by atoms with Gasteiger partial charge in [-0.1, -0.05) is 0 Å². The fourth-order valence-electron chi connectivity index (χ4n) is 0. The second-order valence-electron chi connectivity index (χ2n) is 0.316. The second-order valence-corrected chi connectivity index (χ2v) is 0.316. The predicted octanol–water partition coefficient (Wildman–Crippen LogP) is 0.158. The molecule has 0 aliphatic rings. The smallest absolute Gasteiger partial charge is 0.0402 e. The molecular weight excluding hydrogens is 102 g/mol. The van der Waals surface area contributed by atoms with Crippen molar-refractivity contribution in [3.05, 3.63) is 0 Å². The molecule has 0 aliphatic carbocycles. The molecule has 0 aliphatic heterocycles. The van der Waals surface area contributed by atoms with Crippen molar-refractivity contribution in [3.63, 3.8) is 0 Å². The van der Waals surface area contributed by atoms with Crippen molar-refractivity contribution in [1.82, 2.24) is 6.15 Å². The first kappa shape index (κ1) is 17.4. The molecule has 0 bridgehead atoms. The van der Waals surface area contributed by atoms with Gasteiger partial charge in [0.1, 0.15) is 0 Å². The van der Waals surface area contributed by atoms with E-state index in [1.807, 2.05) is 0 Å². The molecule has 0 fully saturated rings. The Balaban J connectivity index is -0.0000000200. The van der Waals surface area contributed by atoms with Gasteiger partial charge in [0.2, 0.25) is 0 Å². The predicted molar refractivity (Wildman–Crippen MR) is 17.8 cm³/mol. The fourth-order valence-corrected chi connectivity index (χ4v) is 0. The molecule has 0 rings (SSSR count). The van der Waals surface area contributed by atoms with Crippen LogP contribution in [0.3, 0.4) is 0 Å². The number of hydrogen-bond acceptors (Lipinski definition) is 2. The Labute approximate surface area is 47.0 Å². The molecule has 0 heterocycles. The van der Waals surface area contributed by atoms with Gasteiger partial charge in [0.05, 0.1) is 0 Å². The van der Waals surface area contributed by atoms with Crippen LogP contribution in [0.25, 0.3) is 0 Å². The summed E-state index contributed by atoms with van der Waals surface area (Å²) >= 11 is 0. The topological polar surface area (TPSA) is 55.2 Å². The van der Waals surface area contributed by atoms with Crippen LogP contribution in [0.5, 0.6) is 0 Å². The molecule has 5 heavy (non-hydrogen) atoms. The molecule has 4 N–H and O–H groups in total. The third-order valence-corrected chi connectivity index (χ3v) is 0. The summed E-state index contributed by atoms with van der Waals surface area (Å²) in [5, 5.41) is 7.57. The maximum Gasteiger partial charge on any atom is 0.0402 e. The monoisotopic (exact) mass is 111 g/mol. The van der Waals surface area contributed by atoms with Crippen molar-refractivity contribution >= 4 is 0 Å². The van der Waals surface area contributed by atoms with Crippen LogP contribution in [0.4, 0.5) is 0 Å². The molecule has 0 saturated carbocycles. The largest absolute Gasteiger partial charge is 0.397 e. The van der Waals surface area contributed by atoms with Crippen molar-refractivity contribution in [2.24, 2.45) is 0 Å². The molecule has 0 unspecified atom stereocenters. The summed E-state index contributed by atoms with van der Waals surface area (Å²) in [5.74, 6) is 0. The minimum absolute atomic E-state index is 0. The van der Waals surface area contributed by atoms with E-state index < -0.39 is 0 Å². The Morgan fingerprint density at radius 3 is 1.60 bits per heavy atom. The van der Waals surface area contributed by atoms with Crippen LogP contribution in [0.15, 0.2) is 0 Å². The van der Waals surface area contributed by atoms with E-state index in [0.717, 1.165) is 0 Å². The minimum atomic E-state index is 0. The van der Waals surface area contributed by atoms with Gasteiger partial charge in [0, 0.05) is 28.3 Å². The van der Waals surface area contributed by atoms with Crippen molar-refractivity contribution < 1.29 is 26.8 Å². The fraction of sp³-hybridized carbons (Fsp3) is 1.00. The Morgan fingerprint density at radius 1 is 1.60 bits per heavy atom. The van der Waals surface area contributed by atoms with Crippen LogP contribution in [0, 0.1) is 0 Å². The van der Waals surface area contributed by atoms with Crippen LogP contribution in [0.1, 0.15) is 6.92 Å². The van der Waals surface area contributed by atoms with E-state index in [-0.39, 0.29) is 34.5 Å². The van der Waals surface area contributed by atoms with Crippen molar-refractivity contribution in [1.29, 1.82) is 0 Å². The molecule has 0 saturated heterocycles. The maximum atomic E-state index is 7.57. The Bertz CT molecular complexity index is 9.61. The van der Waals surface area contributed by atoms with Gasteiger partial charge < -0.3 is 11.3 Å². The van der Waals surface area contributed by atoms with Gasteiger partial charge in [-0.3, -0.25) is 0 Å². The first-order valence-corrected chi connectivity index (χ1v) is 1.02. The molecule has 3 heteroatoms. The van der Waals surface area contributed by atoms with Crippen molar-refractivity contribution in [3.8, 4) is 0 Å². The summed E-state index contributed by atoms with van der Waals surface area (Å²) < 4.78 is 0. The van der Waals surface area contributed by atoms with E-state index >= 15 is 0 Å². The Morgan fingerprint density at radius 2 is 1.60 bits per heavy atom. The summed E-state index contributed by atoms with van der Waals surface area (Å²) in [7, 11) is 0. The van der Waals surface area contributed by atoms with E-state index in [2.05, 4.69) is 0 Å². The van der Waals surface area contributed by atoms with Gasteiger partial charge in [-0.2, -0.15) is 0 Å². The van der Waals surface area contributed by atoms with Gasteiger partial charge in [0.25, 0.3) is 0 Å². The average molecular weight is 111 g/mol. The van der Waals surface area contributed by atoms with E-state index in [1.54, 1.807) is 6.92 Å². The molecular formula is C2H9NOTi. The summed E-state index contributed by atoms with van der Waals surface area (Å²) in [6.45, 7) is 1.93. The van der Waals surface area contributed by atoms with Crippen molar-refractivity contribution in [2.45, 2.75) is 6.92 Å². The molecule has 2 nitrogen and oxygen atoms in total. The third kappa shape index (κ3) is 79.9. The molecule has 0 aromatic carbocycles. The molecule has 32 valence electrons. The normalized spacial score (nSPS) is 3.60. The van der Waals surface area contributed by atoms with E-state index in [9.17, 15) is 0 Å². The Kier molecular flexibility index (Phi) is 79.9. The van der Waals surface area contributed by atoms with E-state index in [4.69, 9.17) is 5.11 Å². The van der Waals surface area contributed by atoms with Gasteiger partial charge >= 0.3 is 0 Å². The van der Waals surface area contributed by atoms with E-state index in [0.29, 0.717) is 0 Å². The molecule has 0 radical (unpaired) electrons. The average Bonchev–Trinajstić information content (AvgIpc) is 0.918. The number of aliphatic hydroxyl groups is 1. The van der Waals surface area contributed by atoms with Gasteiger partial charge in [-0.25, -0.2) is 0 Å². The standard InChI is InChI=1S/C2H6O.H3N.Ti/c1-2-3;;/h3H,2H2,1H3;1H3;. The zero-order chi connectivity index (χ0) is 2.71. The van der Waals surface area contributed by atoms with Crippen LogP contribution in [-0.4, -0.2) is 11.7 Å². The zero-order valence-corrected chi connectivity index (χ0v) is 4.92. The molecule has 0 amide bonds. The summed E-state index contributed by atoms with van der Waals surface area (Å²) in [4.78, 5) is 0. The molecule has 0 spiro atoms. The van der Waals surface area contributed by atoms with E-state index in [1.165, 1.54) is 0 Å². The van der Waals surface area contributed by atoms with Gasteiger partial charge in [0.15, 0.2) is 0 Å². The first-order valence-electron chi connectivity index (χ1n) is 1.02. The zero-order valence-electron chi connectivity index (χ0n) is 3.36.